The lowest BCUT2D eigenvalue weighted by atomic mass is 9.71. The Hall–Kier alpha value is -2.53. The van der Waals surface area contributed by atoms with Crippen LogP contribution < -0.4 is 4.74 Å². The van der Waals surface area contributed by atoms with Gasteiger partial charge in [0.2, 0.25) is 0 Å². The van der Waals surface area contributed by atoms with Crippen LogP contribution in [0.15, 0.2) is 41.4 Å². The molecule has 0 bridgehead atoms. The van der Waals surface area contributed by atoms with Crippen molar-refractivity contribution < 1.29 is 32.9 Å². The molecule has 2 heterocycles. The number of hydrogen-bond acceptors (Lipinski definition) is 6. The van der Waals surface area contributed by atoms with Crippen LogP contribution in [0.2, 0.25) is 5.02 Å². The number of methoxy groups -OCH3 is 1. The molecule has 6 nitrogen and oxygen atoms in total. The first-order valence-corrected chi connectivity index (χ1v) is 14.0. The molecule has 1 aromatic heterocycles. The largest absolute Gasteiger partial charge is 0.497 e. The van der Waals surface area contributed by atoms with Gasteiger partial charge < -0.3 is 19.8 Å². The summed E-state index contributed by atoms with van der Waals surface area (Å²) in [5.74, 6) is -2.94. The quantitative estimate of drug-likeness (QED) is 0.198. The number of benzene rings is 2. The van der Waals surface area contributed by atoms with E-state index in [-0.39, 0.29) is 11.3 Å². The van der Waals surface area contributed by atoms with Gasteiger partial charge in [-0.2, -0.15) is 0 Å². The van der Waals surface area contributed by atoms with Gasteiger partial charge in [0.25, 0.3) is 0 Å². The Kier molecular flexibility index (Phi) is 9.64. The highest BCUT2D eigenvalue weighted by Crippen LogP contribution is 2.43. The van der Waals surface area contributed by atoms with Crippen molar-refractivity contribution in [2.75, 3.05) is 32.5 Å². The molecule has 1 aliphatic heterocycles. The number of likely N-dealkylation sites (tertiary alicyclic amines) is 1. The molecule has 210 valence electrons. The van der Waals surface area contributed by atoms with E-state index in [0.29, 0.717) is 84.4 Å². The third-order valence-electron chi connectivity index (χ3n) is 7.42. The molecule has 11 heteroatoms. The van der Waals surface area contributed by atoms with Gasteiger partial charge in [-0.15, -0.1) is 11.8 Å². The zero-order valence-corrected chi connectivity index (χ0v) is 23.0. The van der Waals surface area contributed by atoms with E-state index in [1.165, 1.54) is 6.20 Å². The fraction of sp³-hybridized carbons (Fsp3) is 0.429. The molecule has 0 amide bonds. The first-order chi connectivity index (χ1) is 18.6. The van der Waals surface area contributed by atoms with Crippen molar-refractivity contribution in [3.63, 3.8) is 0 Å². The SMILES string of the molecule is COc1ccc2ncc(Cl)c(C(O)CCC3(CC(=O)O)CCN(CCSc4cc(F)cc(F)c4F)CC3)c2c1. The Bertz CT molecular complexity index is 1340. The number of carbonyl (C=O) groups is 1. The Morgan fingerprint density at radius 2 is 1.97 bits per heavy atom. The van der Waals surface area contributed by atoms with Crippen molar-refractivity contribution in [3.05, 3.63) is 64.6 Å². The van der Waals surface area contributed by atoms with Crippen LogP contribution in [-0.4, -0.2) is 58.6 Å². The zero-order chi connectivity index (χ0) is 28.2. The number of carboxylic acids is 1. The van der Waals surface area contributed by atoms with Crippen molar-refractivity contribution in [2.45, 2.75) is 43.1 Å². The molecule has 1 atom stereocenters. The molecule has 1 saturated heterocycles. The van der Waals surface area contributed by atoms with Crippen LogP contribution in [-0.2, 0) is 4.79 Å². The van der Waals surface area contributed by atoms with Crippen LogP contribution in [0.3, 0.4) is 0 Å². The van der Waals surface area contributed by atoms with Crippen molar-refractivity contribution in [1.82, 2.24) is 9.88 Å². The number of aromatic nitrogens is 1. The number of hydrogen-bond donors (Lipinski definition) is 2. The van der Waals surface area contributed by atoms with E-state index >= 15 is 0 Å². The Morgan fingerprint density at radius 1 is 1.23 bits per heavy atom. The van der Waals surface area contributed by atoms with Gasteiger partial charge in [-0.05, 0) is 68.5 Å². The Morgan fingerprint density at radius 3 is 2.67 bits per heavy atom. The minimum Gasteiger partial charge on any atom is -0.497 e. The van der Waals surface area contributed by atoms with Gasteiger partial charge in [-0.1, -0.05) is 11.6 Å². The topological polar surface area (TPSA) is 82.9 Å². The van der Waals surface area contributed by atoms with E-state index in [2.05, 4.69) is 9.88 Å². The first kappa shape index (κ1) is 29.5. The molecule has 1 unspecified atom stereocenters. The fourth-order valence-corrected chi connectivity index (χ4v) is 6.50. The number of aliphatic hydroxyl groups excluding tert-OH is 1. The standard InChI is InChI=1S/C28H30ClF3N2O4S/c1-38-18-2-3-22-19(14-18)26(20(29)16-33-22)23(35)4-5-28(15-25(36)37)6-8-34(9-7-28)10-11-39-24-13-17(30)12-21(31)27(24)32/h2-3,12-14,16,23,35H,4-11,15H2,1H3,(H,36,37). The number of carboxylic acid groups (broad SMARTS) is 1. The van der Waals surface area contributed by atoms with Crippen LogP contribution in [0.5, 0.6) is 5.75 Å². The summed E-state index contributed by atoms with van der Waals surface area (Å²) in [5.41, 5.74) is 0.712. The molecule has 0 saturated carbocycles. The summed E-state index contributed by atoms with van der Waals surface area (Å²) in [4.78, 5) is 18.2. The van der Waals surface area contributed by atoms with Gasteiger partial charge in [0.15, 0.2) is 11.6 Å². The number of nitrogens with zero attached hydrogens (tertiary/aromatic N) is 2. The molecule has 2 aromatic carbocycles. The molecule has 1 aliphatic rings. The van der Waals surface area contributed by atoms with E-state index in [9.17, 15) is 28.2 Å². The van der Waals surface area contributed by atoms with Crippen molar-refractivity contribution >= 4 is 40.2 Å². The smallest absolute Gasteiger partial charge is 0.303 e. The molecule has 39 heavy (non-hydrogen) atoms. The molecule has 0 aliphatic carbocycles. The monoisotopic (exact) mass is 582 g/mol. The molecule has 2 N–H and O–H groups in total. The van der Waals surface area contributed by atoms with E-state index in [1.807, 2.05) is 0 Å². The summed E-state index contributed by atoms with van der Waals surface area (Å²) in [6, 6.07) is 6.85. The number of thioether (sulfide) groups is 1. The van der Waals surface area contributed by atoms with E-state index in [4.69, 9.17) is 16.3 Å². The van der Waals surface area contributed by atoms with Crippen LogP contribution >= 0.6 is 23.4 Å². The maximum absolute atomic E-state index is 13.9. The molecular formula is C28H30ClF3N2O4S. The highest BCUT2D eigenvalue weighted by atomic mass is 35.5. The highest BCUT2D eigenvalue weighted by Gasteiger charge is 2.37. The third-order valence-corrected chi connectivity index (χ3v) is 8.71. The molecular weight excluding hydrogens is 553 g/mol. The average molecular weight is 583 g/mol. The second-order valence-corrected chi connectivity index (χ2v) is 11.5. The number of ether oxygens (including phenoxy) is 1. The normalized spacial score (nSPS) is 16.4. The van der Waals surface area contributed by atoms with Gasteiger partial charge in [-0.3, -0.25) is 9.78 Å². The average Bonchev–Trinajstić information content (AvgIpc) is 2.90. The van der Waals surface area contributed by atoms with Crippen molar-refractivity contribution in [3.8, 4) is 5.75 Å². The summed E-state index contributed by atoms with van der Waals surface area (Å²) < 4.78 is 46.1. The minimum absolute atomic E-state index is 0.0191. The Labute approximate surface area is 234 Å². The van der Waals surface area contributed by atoms with Crippen LogP contribution in [0, 0.1) is 22.9 Å². The Balaban J connectivity index is 1.39. The number of fused-ring (bicyclic) bond motifs is 1. The lowest BCUT2D eigenvalue weighted by Gasteiger charge is -2.41. The van der Waals surface area contributed by atoms with Crippen molar-refractivity contribution in [1.29, 1.82) is 0 Å². The van der Waals surface area contributed by atoms with Crippen LogP contribution in [0.1, 0.15) is 43.8 Å². The summed E-state index contributed by atoms with van der Waals surface area (Å²) in [7, 11) is 1.55. The van der Waals surface area contributed by atoms with Crippen LogP contribution in [0.4, 0.5) is 13.2 Å². The number of aliphatic hydroxyl groups is 1. The third kappa shape index (κ3) is 7.16. The number of rotatable bonds is 11. The summed E-state index contributed by atoms with van der Waals surface area (Å²) in [5, 5.41) is 21.8. The predicted molar refractivity (Wildman–Crippen MR) is 145 cm³/mol. The lowest BCUT2D eigenvalue weighted by molar-refractivity contribution is -0.141. The van der Waals surface area contributed by atoms with E-state index in [0.717, 1.165) is 17.8 Å². The predicted octanol–water partition coefficient (Wildman–Crippen LogP) is 6.48. The number of pyridine rings is 1. The second kappa shape index (κ2) is 12.8. The number of aliphatic carboxylic acids is 1. The van der Waals surface area contributed by atoms with Crippen molar-refractivity contribution in [2.24, 2.45) is 5.41 Å². The van der Waals surface area contributed by atoms with E-state index < -0.39 is 34.9 Å². The molecule has 1 fully saturated rings. The highest BCUT2D eigenvalue weighted by molar-refractivity contribution is 7.99. The van der Waals surface area contributed by atoms with E-state index in [1.54, 1.807) is 25.3 Å². The first-order valence-electron chi connectivity index (χ1n) is 12.6. The zero-order valence-electron chi connectivity index (χ0n) is 21.4. The van der Waals surface area contributed by atoms with Gasteiger partial charge >= 0.3 is 5.97 Å². The minimum atomic E-state index is -1.21. The summed E-state index contributed by atoms with van der Waals surface area (Å²) in [6.07, 6.45) is 2.59. The van der Waals surface area contributed by atoms with Gasteiger partial charge in [0, 0.05) is 40.4 Å². The maximum atomic E-state index is 13.9. The summed E-state index contributed by atoms with van der Waals surface area (Å²) in [6.45, 7) is 1.81. The van der Waals surface area contributed by atoms with Gasteiger partial charge in [0.1, 0.15) is 11.6 Å². The molecule has 0 spiro atoms. The second-order valence-electron chi connectivity index (χ2n) is 9.92. The number of piperidine rings is 1. The van der Waals surface area contributed by atoms with Gasteiger partial charge in [-0.25, -0.2) is 13.2 Å². The maximum Gasteiger partial charge on any atom is 0.303 e. The molecule has 4 rings (SSSR count). The molecule has 0 radical (unpaired) electrons. The van der Waals surface area contributed by atoms with Gasteiger partial charge in [0.05, 0.1) is 30.2 Å². The fourth-order valence-electron chi connectivity index (χ4n) is 5.23. The number of halogens is 4. The lowest BCUT2D eigenvalue weighted by Crippen LogP contribution is -2.42. The van der Waals surface area contributed by atoms with Crippen LogP contribution in [0.25, 0.3) is 10.9 Å². The summed E-state index contributed by atoms with van der Waals surface area (Å²) >= 11 is 7.49. The molecule has 3 aromatic rings.